The minimum Gasteiger partial charge on any atom is -0.468 e. The van der Waals surface area contributed by atoms with Crippen LogP contribution >= 0.6 is 0 Å². The number of piperidine rings is 1. The van der Waals surface area contributed by atoms with Crippen molar-refractivity contribution < 1.29 is 18.8 Å². The SMILES string of the molecule is C[C@@]12C[C@@H](c3ccccc3O1)[C@@H](C(N)=O)C(=O)N2CCCc1nc(-c2ccccc2)no1. The molecule has 8 heteroatoms. The Kier molecular flexibility index (Phi) is 4.92. The molecule has 3 aromatic rings. The molecule has 32 heavy (non-hydrogen) atoms. The van der Waals surface area contributed by atoms with E-state index in [1.54, 1.807) is 4.90 Å². The van der Waals surface area contributed by atoms with Crippen molar-refractivity contribution in [2.75, 3.05) is 6.54 Å². The molecule has 8 nitrogen and oxygen atoms in total. The molecule has 0 spiro atoms. The topological polar surface area (TPSA) is 112 Å². The van der Waals surface area contributed by atoms with Crippen LogP contribution < -0.4 is 10.5 Å². The van der Waals surface area contributed by atoms with Gasteiger partial charge in [0.1, 0.15) is 11.7 Å². The number of ether oxygens (including phenoxy) is 1. The number of nitrogens with zero attached hydrogens (tertiary/aromatic N) is 3. The molecule has 2 aliphatic rings. The van der Waals surface area contributed by atoms with E-state index in [-0.39, 0.29) is 11.8 Å². The molecule has 2 aromatic carbocycles. The van der Waals surface area contributed by atoms with E-state index in [0.717, 1.165) is 11.1 Å². The molecule has 5 rings (SSSR count). The highest BCUT2D eigenvalue weighted by molar-refractivity contribution is 6.01. The van der Waals surface area contributed by atoms with Crippen LogP contribution in [0.3, 0.4) is 0 Å². The fraction of sp³-hybridized carbons (Fsp3) is 0.333. The van der Waals surface area contributed by atoms with Crippen LogP contribution in [0.5, 0.6) is 5.75 Å². The first-order valence-corrected chi connectivity index (χ1v) is 10.7. The highest BCUT2D eigenvalue weighted by Crippen LogP contribution is 2.50. The van der Waals surface area contributed by atoms with Crippen LogP contribution in [-0.4, -0.2) is 39.1 Å². The molecule has 2 N–H and O–H groups in total. The monoisotopic (exact) mass is 432 g/mol. The van der Waals surface area contributed by atoms with Gasteiger partial charge >= 0.3 is 0 Å². The highest BCUT2D eigenvalue weighted by atomic mass is 16.5. The summed E-state index contributed by atoms with van der Waals surface area (Å²) in [5.41, 5.74) is 6.57. The molecule has 2 amide bonds. The lowest BCUT2D eigenvalue weighted by atomic mass is 9.73. The van der Waals surface area contributed by atoms with Crippen LogP contribution in [0.4, 0.5) is 0 Å². The van der Waals surface area contributed by atoms with E-state index >= 15 is 0 Å². The number of carbonyl (C=O) groups is 2. The van der Waals surface area contributed by atoms with Crippen molar-refractivity contribution in [3.8, 4) is 17.1 Å². The van der Waals surface area contributed by atoms with Gasteiger partial charge in [-0.3, -0.25) is 9.59 Å². The molecule has 0 aliphatic carbocycles. The number of benzene rings is 2. The summed E-state index contributed by atoms with van der Waals surface area (Å²) < 4.78 is 11.6. The molecule has 1 fully saturated rings. The van der Waals surface area contributed by atoms with Gasteiger partial charge in [-0.15, -0.1) is 0 Å². The fourth-order valence-corrected chi connectivity index (χ4v) is 4.83. The maximum Gasteiger partial charge on any atom is 0.238 e. The van der Waals surface area contributed by atoms with Crippen LogP contribution in [-0.2, 0) is 16.0 Å². The van der Waals surface area contributed by atoms with Crippen molar-refractivity contribution in [3.05, 3.63) is 66.1 Å². The molecule has 2 bridgehead atoms. The number of primary amides is 1. The molecule has 1 saturated heterocycles. The van der Waals surface area contributed by atoms with Gasteiger partial charge in [-0.2, -0.15) is 4.98 Å². The number of rotatable bonds is 6. The van der Waals surface area contributed by atoms with Crippen LogP contribution in [0, 0.1) is 5.92 Å². The zero-order chi connectivity index (χ0) is 22.3. The minimum atomic E-state index is -0.902. The van der Waals surface area contributed by atoms with Gasteiger partial charge in [-0.05, 0) is 25.0 Å². The Morgan fingerprint density at radius 3 is 2.72 bits per heavy atom. The molecule has 3 atom stereocenters. The van der Waals surface area contributed by atoms with E-state index in [1.165, 1.54) is 0 Å². The average molecular weight is 432 g/mol. The number of carbonyl (C=O) groups excluding carboxylic acids is 2. The Morgan fingerprint density at radius 2 is 1.94 bits per heavy atom. The van der Waals surface area contributed by atoms with Crippen molar-refractivity contribution in [1.29, 1.82) is 0 Å². The van der Waals surface area contributed by atoms with Gasteiger partial charge in [0.25, 0.3) is 0 Å². The lowest BCUT2D eigenvalue weighted by Crippen LogP contribution is -2.64. The predicted molar refractivity (Wildman–Crippen MR) is 115 cm³/mol. The van der Waals surface area contributed by atoms with E-state index in [2.05, 4.69) is 10.1 Å². The first-order valence-electron chi connectivity index (χ1n) is 10.7. The molecule has 0 radical (unpaired) electrons. The van der Waals surface area contributed by atoms with Gasteiger partial charge in [-0.25, -0.2) is 0 Å². The Balaban J connectivity index is 1.33. The number of aromatic nitrogens is 2. The summed E-state index contributed by atoms with van der Waals surface area (Å²) in [5.74, 6) is -0.353. The summed E-state index contributed by atoms with van der Waals surface area (Å²) in [6, 6.07) is 17.1. The van der Waals surface area contributed by atoms with Crippen LogP contribution in [0.1, 0.15) is 37.1 Å². The van der Waals surface area contributed by atoms with Crippen molar-refractivity contribution in [2.24, 2.45) is 11.7 Å². The maximum absolute atomic E-state index is 13.3. The number of nitrogens with two attached hydrogens (primary N) is 1. The number of para-hydroxylation sites is 1. The molecule has 164 valence electrons. The largest absolute Gasteiger partial charge is 0.468 e. The third-order valence-corrected chi connectivity index (χ3v) is 6.33. The molecule has 1 aromatic heterocycles. The van der Waals surface area contributed by atoms with E-state index in [1.807, 2.05) is 61.5 Å². The second-order valence-corrected chi connectivity index (χ2v) is 8.48. The molecular formula is C24H24N4O4. The number of hydrogen-bond donors (Lipinski definition) is 1. The fourth-order valence-electron chi connectivity index (χ4n) is 4.83. The standard InChI is InChI=1S/C24H24N4O4/c1-24-14-17(16-10-5-6-11-18(16)31-24)20(21(25)29)23(30)28(24)13-7-12-19-26-22(27-32-19)15-8-3-2-4-9-15/h2-6,8-11,17,20H,7,12-14H2,1H3,(H2,25,29)/t17-,20-,24-/m0/s1. The Labute approximate surface area is 185 Å². The second kappa shape index (κ2) is 7.78. The summed E-state index contributed by atoms with van der Waals surface area (Å²) in [6.07, 6.45) is 1.60. The van der Waals surface area contributed by atoms with E-state index in [9.17, 15) is 9.59 Å². The van der Waals surface area contributed by atoms with Gasteiger partial charge in [0.15, 0.2) is 5.72 Å². The number of amides is 2. The number of likely N-dealkylation sites (tertiary alicyclic amines) is 1. The quantitative estimate of drug-likeness (QED) is 0.600. The second-order valence-electron chi connectivity index (χ2n) is 8.48. The van der Waals surface area contributed by atoms with Crippen LogP contribution in [0.2, 0.25) is 0 Å². The smallest absolute Gasteiger partial charge is 0.238 e. The van der Waals surface area contributed by atoms with Crippen LogP contribution in [0.15, 0.2) is 59.1 Å². The molecule has 0 saturated carbocycles. The summed E-state index contributed by atoms with van der Waals surface area (Å²) in [7, 11) is 0. The highest BCUT2D eigenvalue weighted by Gasteiger charge is 2.55. The van der Waals surface area contributed by atoms with Gasteiger partial charge in [-0.1, -0.05) is 53.7 Å². The van der Waals surface area contributed by atoms with Gasteiger partial charge < -0.3 is 19.9 Å². The summed E-state index contributed by atoms with van der Waals surface area (Å²) >= 11 is 0. The lowest BCUT2D eigenvalue weighted by Gasteiger charge is -2.52. The zero-order valence-electron chi connectivity index (χ0n) is 17.7. The third-order valence-electron chi connectivity index (χ3n) is 6.33. The van der Waals surface area contributed by atoms with Gasteiger partial charge in [0.05, 0.1) is 0 Å². The Hall–Kier alpha value is -3.68. The molecule has 3 heterocycles. The number of hydrogen-bond acceptors (Lipinski definition) is 6. The molecular weight excluding hydrogens is 408 g/mol. The van der Waals surface area contributed by atoms with E-state index in [4.69, 9.17) is 15.0 Å². The van der Waals surface area contributed by atoms with Crippen molar-refractivity contribution in [1.82, 2.24) is 15.0 Å². The first-order chi connectivity index (χ1) is 15.5. The normalized spacial score (nSPS) is 24.0. The summed E-state index contributed by atoms with van der Waals surface area (Å²) in [5, 5.41) is 4.04. The van der Waals surface area contributed by atoms with Crippen molar-refractivity contribution >= 4 is 11.8 Å². The lowest BCUT2D eigenvalue weighted by molar-refractivity contribution is -0.175. The van der Waals surface area contributed by atoms with E-state index in [0.29, 0.717) is 43.3 Å². The van der Waals surface area contributed by atoms with E-state index < -0.39 is 17.6 Å². The third kappa shape index (κ3) is 3.41. The predicted octanol–water partition coefficient (Wildman–Crippen LogP) is 2.90. The Bertz CT molecular complexity index is 1160. The van der Waals surface area contributed by atoms with Crippen molar-refractivity contribution in [2.45, 2.75) is 37.8 Å². The molecule has 2 aliphatic heterocycles. The van der Waals surface area contributed by atoms with Crippen LogP contribution in [0.25, 0.3) is 11.4 Å². The summed E-state index contributed by atoms with van der Waals surface area (Å²) in [6.45, 7) is 2.28. The van der Waals surface area contributed by atoms with Crippen molar-refractivity contribution in [3.63, 3.8) is 0 Å². The molecule has 0 unspecified atom stereocenters. The Morgan fingerprint density at radius 1 is 1.19 bits per heavy atom. The number of aryl methyl sites for hydroxylation is 1. The summed E-state index contributed by atoms with van der Waals surface area (Å²) in [4.78, 5) is 31.7. The average Bonchev–Trinajstić information content (AvgIpc) is 3.25. The first kappa shape index (κ1) is 20.2. The number of fused-ring (bicyclic) bond motifs is 4. The zero-order valence-corrected chi connectivity index (χ0v) is 17.7. The maximum atomic E-state index is 13.3. The van der Waals surface area contributed by atoms with Gasteiger partial charge in [0.2, 0.25) is 23.5 Å². The van der Waals surface area contributed by atoms with Gasteiger partial charge in [0, 0.05) is 30.9 Å². The minimum absolute atomic E-state index is 0.282.